The normalized spacial score (nSPS) is 14.1. The molecule has 0 aliphatic carbocycles. The number of hydrogen-bond acceptors (Lipinski definition) is 4. The van der Waals surface area contributed by atoms with E-state index in [4.69, 9.17) is 27.1 Å². The van der Waals surface area contributed by atoms with Crippen LogP contribution < -0.4 is 5.73 Å². The Hall–Kier alpha value is -0.850. The van der Waals surface area contributed by atoms with Crippen molar-refractivity contribution in [2.75, 3.05) is 6.61 Å². The molecule has 0 spiro atoms. The fourth-order valence-corrected chi connectivity index (χ4v) is 4.49. The van der Waals surface area contributed by atoms with E-state index in [9.17, 15) is 4.57 Å². The zero-order chi connectivity index (χ0) is 20.8. The van der Waals surface area contributed by atoms with Crippen LogP contribution in [-0.2, 0) is 21.9 Å². The van der Waals surface area contributed by atoms with E-state index in [2.05, 4.69) is 41.8 Å². The van der Waals surface area contributed by atoms with Gasteiger partial charge in [-0.15, -0.1) is 0 Å². The molecule has 0 aliphatic rings. The molecule has 8 heteroatoms. The van der Waals surface area contributed by atoms with Gasteiger partial charge in [0.1, 0.15) is 0 Å². The number of aryl methyl sites for hydroxylation is 2. The van der Waals surface area contributed by atoms with Crippen LogP contribution in [0.15, 0.2) is 52.3 Å². The van der Waals surface area contributed by atoms with Gasteiger partial charge in [-0.1, -0.05) is 48.5 Å². The van der Waals surface area contributed by atoms with Crippen molar-refractivity contribution in [1.82, 2.24) is 0 Å². The Morgan fingerprint density at radius 1 is 1.21 bits per heavy atom. The van der Waals surface area contributed by atoms with Crippen molar-refractivity contribution in [3.8, 4) is 0 Å². The molecule has 5 nitrogen and oxygen atoms in total. The highest BCUT2D eigenvalue weighted by Gasteiger charge is 2.24. The number of rotatable bonds is 10. The monoisotopic (exact) mass is 443 g/mol. The van der Waals surface area contributed by atoms with Gasteiger partial charge in [0.15, 0.2) is 0 Å². The summed E-state index contributed by atoms with van der Waals surface area (Å²) in [5, 5.41) is 0.710. The quantitative estimate of drug-likeness (QED) is 0.437. The highest BCUT2D eigenvalue weighted by atomic mass is 35.5. The maximum absolute atomic E-state index is 10.8. The summed E-state index contributed by atoms with van der Waals surface area (Å²) >= 11 is 8.14. The number of hydrogen-bond donors (Lipinski definition) is 3. The van der Waals surface area contributed by atoms with Crippen LogP contribution in [0.1, 0.15) is 37.8 Å². The van der Waals surface area contributed by atoms with Gasteiger partial charge < -0.3 is 15.5 Å². The van der Waals surface area contributed by atoms with Gasteiger partial charge in [0.2, 0.25) is 0 Å². The van der Waals surface area contributed by atoms with Gasteiger partial charge in [0.05, 0.1) is 6.61 Å². The van der Waals surface area contributed by atoms with Gasteiger partial charge in [-0.05, 0) is 68.0 Å². The van der Waals surface area contributed by atoms with Crippen LogP contribution in [0.25, 0.3) is 0 Å². The van der Waals surface area contributed by atoms with Gasteiger partial charge in [-0.2, -0.15) is 0 Å². The summed E-state index contributed by atoms with van der Waals surface area (Å²) in [5.41, 5.74) is 7.58. The number of benzene rings is 2. The van der Waals surface area contributed by atoms with Crippen LogP contribution in [0.3, 0.4) is 0 Å². The highest BCUT2D eigenvalue weighted by molar-refractivity contribution is 7.99. The molecule has 0 aromatic heterocycles. The Morgan fingerprint density at radius 3 is 2.57 bits per heavy atom. The van der Waals surface area contributed by atoms with Crippen LogP contribution in [0.5, 0.6) is 0 Å². The molecule has 2 aromatic rings. The zero-order valence-electron chi connectivity index (χ0n) is 16.1. The van der Waals surface area contributed by atoms with E-state index in [-0.39, 0.29) is 6.61 Å². The minimum Gasteiger partial charge on any atom is -0.323 e. The van der Waals surface area contributed by atoms with Crippen LogP contribution in [0.4, 0.5) is 0 Å². The van der Waals surface area contributed by atoms with E-state index in [1.54, 1.807) is 18.7 Å². The van der Waals surface area contributed by atoms with Gasteiger partial charge in [0.25, 0.3) is 0 Å². The molecule has 0 saturated carbocycles. The molecule has 0 saturated heterocycles. The lowest BCUT2D eigenvalue weighted by Crippen LogP contribution is -2.40. The fourth-order valence-electron chi connectivity index (χ4n) is 2.75. The summed E-state index contributed by atoms with van der Waals surface area (Å²) in [4.78, 5) is 19.9. The SMILES string of the molecule is CCc1cccc(Sc2ccc(CCCC(C)(N)COP(=O)(O)O)c(Cl)c2)c1. The third-order valence-electron chi connectivity index (χ3n) is 4.32. The highest BCUT2D eigenvalue weighted by Crippen LogP contribution is 2.37. The maximum atomic E-state index is 10.8. The Bertz CT molecular complexity index is 841. The Labute approximate surface area is 175 Å². The first kappa shape index (κ1) is 23.4. The van der Waals surface area contributed by atoms with E-state index >= 15 is 0 Å². The largest absolute Gasteiger partial charge is 0.469 e. The standard InChI is InChI=1S/C20H27ClNO4PS/c1-3-15-6-4-8-17(12-15)28-18-10-9-16(19(21)13-18)7-5-11-20(2,22)14-26-27(23,24)25/h4,6,8-10,12-13H,3,5,7,11,14,22H2,1-2H3,(H2,23,24,25). The first-order valence-corrected chi connectivity index (χ1v) is 11.8. The van der Waals surface area contributed by atoms with Gasteiger partial charge >= 0.3 is 7.82 Å². The molecule has 2 rings (SSSR count). The molecule has 28 heavy (non-hydrogen) atoms. The van der Waals surface area contributed by atoms with E-state index < -0.39 is 13.4 Å². The molecule has 2 aromatic carbocycles. The number of nitrogens with two attached hydrogens (primary N) is 1. The van der Waals surface area contributed by atoms with Gasteiger partial charge in [-0.25, -0.2) is 4.57 Å². The summed E-state index contributed by atoms with van der Waals surface area (Å²) < 4.78 is 15.3. The molecular formula is C20H27ClNO4PS. The van der Waals surface area contributed by atoms with Gasteiger partial charge in [-0.3, -0.25) is 4.52 Å². The molecule has 0 amide bonds. The van der Waals surface area contributed by atoms with E-state index in [0.29, 0.717) is 11.4 Å². The summed E-state index contributed by atoms with van der Waals surface area (Å²) in [6, 6.07) is 14.5. The summed E-state index contributed by atoms with van der Waals surface area (Å²) in [6.45, 7) is 3.66. The van der Waals surface area contributed by atoms with Crippen molar-refractivity contribution in [2.45, 2.75) is 54.9 Å². The molecule has 1 atom stereocenters. The van der Waals surface area contributed by atoms with Crippen molar-refractivity contribution >= 4 is 31.2 Å². The zero-order valence-corrected chi connectivity index (χ0v) is 18.6. The summed E-state index contributed by atoms with van der Waals surface area (Å²) in [7, 11) is -4.50. The van der Waals surface area contributed by atoms with Crippen molar-refractivity contribution in [1.29, 1.82) is 0 Å². The lowest BCUT2D eigenvalue weighted by atomic mass is 9.95. The van der Waals surface area contributed by atoms with E-state index in [0.717, 1.165) is 29.7 Å². The average molecular weight is 444 g/mol. The first-order chi connectivity index (χ1) is 13.1. The summed E-state index contributed by atoms with van der Waals surface area (Å²) in [5.74, 6) is 0. The van der Waals surface area contributed by atoms with Crippen LogP contribution in [-0.4, -0.2) is 21.9 Å². The lowest BCUT2D eigenvalue weighted by molar-refractivity contribution is 0.153. The minimum atomic E-state index is -4.50. The van der Waals surface area contributed by atoms with E-state index in [1.807, 2.05) is 12.1 Å². The van der Waals surface area contributed by atoms with Crippen molar-refractivity contribution in [3.63, 3.8) is 0 Å². The van der Waals surface area contributed by atoms with Crippen LogP contribution >= 0.6 is 31.2 Å². The van der Waals surface area contributed by atoms with Crippen molar-refractivity contribution in [3.05, 3.63) is 58.6 Å². The predicted octanol–water partition coefficient (Wildman–Crippen LogP) is 5.20. The minimum absolute atomic E-state index is 0.197. The second-order valence-electron chi connectivity index (χ2n) is 7.13. The van der Waals surface area contributed by atoms with E-state index in [1.165, 1.54) is 10.5 Å². The fraction of sp³-hybridized carbons (Fsp3) is 0.400. The number of halogens is 1. The summed E-state index contributed by atoms with van der Waals surface area (Å²) in [6.07, 6.45) is 3.04. The number of phosphoric ester groups is 1. The third-order valence-corrected chi connectivity index (χ3v) is 6.12. The molecular weight excluding hydrogens is 417 g/mol. The molecule has 0 heterocycles. The van der Waals surface area contributed by atoms with Crippen molar-refractivity contribution in [2.24, 2.45) is 5.73 Å². The molecule has 4 N–H and O–H groups in total. The first-order valence-electron chi connectivity index (χ1n) is 9.12. The van der Waals surface area contributed by atoms with Crippen LogP contribution in [0, 0.1) is 0 Å². The smallest absolute Gasteiger partial charge is 0.323 e. The lowest BCUT2D eigenvalue weighted by Gasteiger charge is -2.24. The molecule has 154 valence electrons. The van der Waals surface area contributed by atoms with Gasteiger partial charge in [0, 0.05) is 20.4 Å². The predicted molar refractivity (Wildman–Crippen MR) is 115 cm³/mol. The Kier molecular flexibility index (Phi) is 8.59. The topological polar surface area (TPSA) is 92.8 Å². The molecule has 1 unspecified atom stereocenters. The molecule has 0 radical (unpaired) electrons. The Balaban J connectivity index is 1.90. The molecule has 0 aliphatic heterocycles. The molecule has 0 fully saturated rings. The second-order valence-corrected chi connectivity index (χ2v) is 9.92. The van der Waals surface area contributed by atoms with Crippen molar-refractivity contribution < 1.29 is 18.9 Å². The third kappa shape index (κ3) is 8.26. The maximum Gasteiger partial charge on any atom is 0.469 e. The average Bonchev–Trinajstić information content (AvgIpc) is 2.61. The second kappa shape index (κ2) is 10.3. The molecule has 0 bridgehead atoms. The van der Waals surface area contributed by atoms with Crippen LogP contribution in [0.2, 0.25) is 5.02 Å². The Morgan fingerprint density at radius 2 is 1.93 bits per heavy atom. The number of phosphoric acid groups is 1.